The van der Waals surface area contributed by atoms with Crippen molar-refractivity contribution >= 4 is 5.91 Å². The first kappa shape index (κ1) is 19.2. The van der Waals surface area contributed by atoms with Crippen LogP contribution in [0, 0.1) is 25.6 Å². The van der Waals surface area contributed by atoms with Gasteiger partial charge in [0.1, 0.15) is 17.9 Å². The Bertz CT molecular complexity index is 1010. The predicted molar refractivity (Wildman–Crippen MR) is 105 cm³/mol. The Labute approximate surface area is 168 Å². The summed E-state index contributed by atoms with van der Waals surface area (Å²) in [5.74, 6) is 0.700. The summed E-state index contributed by atoms with van der Waals surface area (Å²) in [5, 5.41) is 3.99. The molecule has 0 radical (unpaired) electrons. The molecule has 1 aliphatic heterocycles. The maximum Gasteiger partial charge on any atom is 0.227 e. The molecule has 7 heteroatoms. The summed E-state index contributed by atoms with van der Waals surface area (Å²) >= 11 is 0. The topological polar surface area (TPSA) is 72.1 Å². The van der Waals surface area contributed by atoms with Gasteiger partial charge in [-0.15, -0.1) is 0 Å². The number of hydrogen-bond acceptors (Lipinski definition) is 5. The third-order valence-corrected chi connectivity index (χ3v) is 5.45. The molecular weight excluding hydrogens is 371 g/mol. The number of nitrogens with zero attached hydrogens (tertiary/aromatic N) is 4. The zero-order valence-electron chi connectivity index (χ0n) is 16.6. The quantitative estimate of drug-likeness (QED) is 0.662. The summed E-state index contributed by atoms with van der Waals surface area (Å²) in [5.41, 5.74) is 3.89. The molecule has 0 bridgehead atoms. The molecule has 1 saturated heterocycles. The molecule has 150 valence electrons. The Morgan fingerprint density at radius 2 is 2.10 bits per heavy atom. The smallest absolute Gasteiger partial charge is 0.227 e. The lowest BCUT2D eigenvalue weighted by Gasteiger charge is -2.17. The van der Waals surface area contributed by atoms with Gasteiger partial charge in [-0.2, -0.15) is 0 Å². The number of aryl methyl sites for hydroxylation is 2. The Balaban J connectivity index is 1.40. The second-order valence-electron chi connectivity index (χ2n) is 7.56. The van der Waals surface area contributed by atoms with Crippen molar-refractivity contribution in [2.45, 2.75) is 33.1 Å². The lowest BCUT2D eigenvalue weighted by atomic mass is 10.0. The Kier molecular flexibility index (Phi) is 5.38. The van der Waals surface area contributed by atoms with E-state index in [1.165, 1.54) is 6.07 Å². The molecule has 0 unspecified atom stereocenters. The normalized spacial score (nSPS) is 16.4. The number of carbonyl (C=O) groups excluding carboxylic acids is 1. The van der Waals surface area contributed by atoms with E-state index in [1.54, 1.807) is 24.5 Å². The first-order valence-electron chi connectivity index (χ1n) is 9.76. The van der Waals surface area contributed by atoms with Crippen molar-refractivity contribution in [2.24, 2.45) is 5.92 Å². The minimum absolute atomic E-state index is 0.0308. The maximum atomic E-state index is 13.8. The fourth-order valence-corrected chi connectivity index (χ4v) is 3.93. The van der Waals surface area contributed by atoms with Crippen LogP contribution in [0.2, 0.25) is 0 Å². The lowest BCUT2D eigenvalue weighted by Crippen LogP contribution is -2.30. The number of halogens is 1. The van der Waals surface area contributed by atoms with Crippen LogP contribution in [0.5, 0.6) is 0 Å². The molecule has 0 aliphatic carbocycles. The fourth-order valence-electron chi connectivity index (χ4n) is 3.93. The van der Waals surface area contributed by atoms with Crippen molar-refractivity contribution in [2.75, 3.05) is 13.1 Å². The van der Waals surface area contributed by atoms with E-state index in [4.69, 9.17) is 4.52 Å². The highest BCUT2D eigenvalue weighted by Gasteiger charge is 2.27. The number of aromatic nitrogens is 3. The van der Waals surface area contributed by atoms with E-state index in [0.717, 1.165) is 41.2 Å². The van der Waals surface area contributed by atoms with Crippen LogP contribution < -0.4 is 0 Å². The fraction of sp³-hybridized carbons (Fsp3) is 0.364. The second-order valence-corrected chi connectivity index (χ2v) is 7.56. The highest BCUT2D eigenvalue weighted by atomic mass is 19.1. The van der Waals surface area contributed by atoms with Gasteiger partial charge in [-0.1, -0.05) is 23.4 Å². The molecule has 1 aromatic carbocycles. The minimum atomic E-state index is -0.329. The number of carbonyl (C=O) groups is 1. The highest BCUT2D eigenvalue weighted by Crippen LogP contribution is 2.27. The number of hydrogen-bond donors (Lipinski definition) is 0. The van der Waals surface area contributed by atoms with Gasteiger partial charge >= 0.3 is 0 Å². The van der Waals surface area contributed by atoms with E-state index in [1.807, 2.05) is 24.8 Å². The summed E-state index contributed by atoms with van der Waals surface area (Å²) in [7, 11) is 0. The van der Waals surface area contributed by atoms with Gasteiger partial charge in [0.05, 0.1) is 23.4 Å². The van der Waals surface area contributed by atoms with Gasteiger partial charge in [0.15, 0.2) is 0 Å². The van der Waals surface area contributed by atoms with Crippen LogP contribution in [-0.4, -0.2) is 39.0 Å². The molecule has 0 N–H and O–H groups in total. The molecule has 1 amide bonds. The van der Waals surface area contributed by atoms with Crippen LogP contribution in [0.25, 0.3) is 11.3 Å². The van der Waals surface area contributed by atoms with Gasteiger partial charge in [0.25, 0.3) is 0 Å². The van der Waals surface area contributed by atoms with Crippen molar-refractivity contribution in [3.8, 4) is 11.3 Å². The van der Waals surface area contributed by atoms with E-state index in [2.05, 4.69) is 15.1 Å². The monoisotopic (exact) mass is 394 g/mol. The molecule has 0 spiro atoms. The summed E-state index contributed by atoms with van der Waals surface area (Å²) in [6.07, 6.45) is 3.34. The third-order valence-electron chi connectivity index (χ3n) is 5.45. The first-order valence-corrected chi connectivity index (χ1v) is 9.76. The van der Waals surface area contributed by atoms with Gasteiger partial charge in [-0.25, -0.2) is 14.4 Å². The minimum Gasteiger partial charge on any atom is -0.361 e. The van der Waals surface area contributed by atoms with Gasteiger partial charge in [-0.3, -0.25) is 4.79 Å². The Morgan fingerprint density at radius 1 is 1.28 bits per heavy atom. The van der Waals surface area contributed by atoms with Gasteiger partial charge < -0.3 is 9.42 Å². The SMILES string of the molecule is Cc1noc(C)c1-c1cc(C[C@@H]2CCN(C(=O)Cc3ccccc3F)C2)ncn1. The van der Waals surface area contributed by atoms with Crippen LogP contribution in [0.1, 0.15) is 29.1 Å². The standard InChI is InChI=1S/C22H23FN4O2/c1-14-22(15(2)29-26-14)20-11-18(24-13-25-20)9-16-7-8-27(12-16)21(28)10-17-5-3-4-6-19(17)23/h3-6,11,13,16H,7-10,12H2,1-2H3/t16-/m0/s1. The Morgan fingerprint density at radius 3 is 2.86 bits per heavy atom. The number of rotatable bonds is 5. The van der Waals surface area contributed by atoms with E-state index < -0.39 is 0 Å². The van der Waals surface area contributed by atoms with Crippen LogP contribution in [-0.2, 0) is 17.6 Å². The number of amides is 1. The summed E-state index contributed by atoms with van der Waals surface area (Å²) < 4.78 is 19.1. The van der Waals surface area contributed by atoms with Crippen molar-refractivity contribution < 1.29 is 13.7 Å². The first-order chi connectivity index (χ1) is 14.0. The van der Waals surface area contributed by atoms with Gasteiger partial charge in [0, 0.05) is 18.8 Å². The van der Waals surface area contributed by atoms with E-state index in [9.17, 15) is 9.18 Å². The van der Waals surface area contributed by atoms with Gasteiger partial charge in [0.2, 0.25) is 5.91 Å². The molecule has 3 aromatic rings. The molecule has 1 fully saturated rings. The zero-order valence-corrected chi connectivity index (χ0v) is 16.6. The maximum absolute atomic E-state index is 13.8. The van der Waals surface area contributed by atoms with E-state index >= 15 is 0 Å². The largest absolute Gasteiger partial charge is 0.361 e. The van der Waals surface area contributed by atoms with Gasteiger partial charge in [-0.05, 0) is 50.3 Å². The number of benzene rings is 1. The Hall–Kier alpha value is -3.09. The number of likely N-dealkylation sites (tertiary alicyclic amines) is 1. The van der Waals surface area contributed by atoms with Crippen LogP contribution in [0.3, 0.4) is 0 Å². The molecule has 29 heavy (non-hydrogen) atoms. The van der Waals surface area contributed by atoms with Crippen LogP contribution in [0.4, 0.5) is 4.39 Å². The average molecular weight is 394 g/mol. The molecular formula is C22H23FN4O2. The highest BCUT2D eigenvalue weighted by molar-refractivity contribution is 5.79. The van der Waals surface area contributed by atoms with E-state index in [-0.39, 0.29) is 18.1 Å². The molecule has 4 rings (SSSR count). The van der Waals surface area contributed by atoms with Crippen molar-refractivity contribution in [1.82, 2.24) is 20.0 Å². The van der Waals surface area contributed by atoms with Crippen molar-refractivity contribution in [3.05, 3.63) is 65.2 Å². The molecule has 6 nitrogen and oxygen atoms in total. The zero-order chi connectivity index (χ0) is 20.4. The van der Waals surface area contributed by atoms with E-state index in [0.29, 0.717) is 24.6 Å². The average Bonchev–Trinajstić information content (AvgIpc) is 3.30. The lowest BCUT2D eigenvalue weighted by molar-refractivity contribution is -0.129. The molecule has 3 heterocycles. The summed E-state index contributed by atoms with van der Waals surface area (Å²) in [4.78, 5) is 23.2. The van der Waals surface area contributed by atoms with Crippen LogP contribution >= 0.6 is 0 Å². The van der Waals surface area contributed by atoms with Crippen molar-refractivity contribution in [1.29, 1.82) is 0 Å². The predicted octanol–water partition coefficient (Wildman–Crippen LogP) is 3.52. The second kappa shape index (κ2) is 8.11. The van der Waals surface area contributed by atoms with Crippen molar-refractivity contribution in [3.63, 3.8) is 0 Å². The molecule has 0 saturated carbocycles. The summed E-state index contributed by atoms with van der Waals surface area (Å²) in [6.45, 7) is 5.12. The molecule has 1 aliphatic rings. The summed E-state index contributed by atoms with van der Waals surface area (Å²) in [6, 6.07) is 8.41. The molecule has 1 atom stereocenters. The molecule has 2 aromatic heterocycles. The van der Waals surface area contributed by atoms with Crippen LogP contribution in [0.15, 0.2) is 41.2 Å². The third kappa shape index (κ3) is 4.18.